The van der Waals surface area contributed by atoms with Crippen molar-refractivity contribution in [2.45, 2.75) is 25.7 Å². The molecule has 0 atom stereocenters. The van der Waals surface area contributed by atoms with E-state index in [0.717, 1.165) is 22.3 Å². The third-order valence-electron chi connectivity index (χ3n) is 5.47. The third-order valence-corrected chi connectivity index (χ3v) is 7.53. The molecule has 2 heterocycles. The molecule has 0 unspecified atom stereocenters. The molecule has 0 aliphatic heterocycles. The summed E-state index contributed by atoms with van der Waals surface area (Å²) in [5, 5.41) is 7.37. The standard InChI is InChI=1S/C24H27N7O2S/c1-4-31(5-2)34(32,33)18-12-10-17(11-13-18)29-23-22(25)24(27-15-26-23)30-21-8-6-7-20-19(21)14-9-16(3)28-20/h6-15H,4-5,25H2,1-3H3,(H2,26,27,29,30). The molecule has 0 fully saturated rings. The Labute approximate surface area is 199 Å². The average Bonchev–Trinajstić information content (AvgIpc) is 2.82. The molecule has 4 aromatic rings. The molecule has 9 nitrogen and oxygen atoms in total. The van der Waals surface area contributed by atoms with Crippen LogP contribution in [0, 0.1) is 6.92 Å². The summed E-state index contributed by atoms with van der Waals surface area (Å²) in [5.74, 6) is 0.859. The number of nitrogens with zero attached hydrogens (tertiary/aromatic N) is 4. The summed E-state index contributed by atoms with van der Waals surface area (Å²) in [6, 6.07) is 16.3. The number of aryl methyl sites for hydroxylation is 1. The molecule has 0 aliphatic carbocycles. The Balaban J connectivity index is 1.58. The van der Waals surface area contributed by atoms with Crippen LogP contribution in [0.2, 0.25) is 0 Å². The highest BCUT2D eigenvalue weighted by Gasteiger charge is 2.21. The summed E-state index contributed by atoms with van der Waals surface area (Å²) >= 11 is 0. The molecule has 34 heavy (non-hydrogen) atoms. The number of fused-ring (bicyclic) bond motifs is 1. The lowest BCUT2D eigenvalue weighted by molar-refractivity contribution is 0.445. The lowest BCUT2D eigenvalue weighted by atomic mass is 10.1. The molecule has 0 saturated carbocycles. The van der Waals surface area contributed by atoms with Gasteiger partial charge in [0.05, 0.1) is 10.4 Å². The number of hydrogen-bond acceptors (Lipinski definition) is 8. The van der Waals surface area contributed by atoms with Gasteiger partial charge in [0.15, 0.2) is 11.6 Å². The van der Waals surface area contributed by atoms with Crippen molar-refractivity contribution in [3.63, 3.8) is 0 Å². The van der Waals surface area contributed by atoms with E-state index in [1.807, 2.05) is 51.1 Å². The Kier molecular flexibility index (Phi) is 6.62. The van der Waals surface area contributed by atoms with Crippen LogP contribution in [-0.4, -0.2) is 40.8 Å². The largest absolute Gasteiger partial charge is 0.393 e. The lowest BCUT2D eigenvalue weighted by Gasteiger charge is -2.18. The molecule has 10 heteroatoms. The van der Waals surface area contributed by atoms with Gasteiger partial charge >= 0.3 is 0 Å². The van der Waals surface area contributed by atoms with Crippen molar-refractivity contribution in [2.24, 2.45) is 0 Å². The molecule has 2 aromatic carbocycles. The van der Waals surface area contributed by atoms with Gasteiger partial charge in [-0.15, -0.1) is 0 Å². The summed E-state index contributed by atoms with van der Waals surface area (Å²) in [4.78, 5) is 13.3. The maximum Gasteiger partial charge on any atom is 0.243 e. The molecule has 2 aromatic heterocycles. The second kappa shape index (κ2) is 9.62. The smallest absolute Gasteiger partial charge is 0.243 e. The van der Waals surface area contributed by atoms with Gasteiger partial charge in [-0.3, -0.25) is 4.98 Å². The first-order chi connectivity index (χ1) is 16.3. The summed E-state index contributed by atoms with van der Waals surface area (Å²) < 4.78 is 26.8. The Morgan fingerprint density at radius 1 is 0.912 bits per heavy atom. The van der Waals surface area contributed by atoms with E-state index in [9.17, 15) is 8.42 Å². The van der Waals surface area contributed by atoms with Crippen LogP contribution in [0.25, 0.3) is 10.9 Å². The van der Waals surface area contributed by atoms with E-state index in [2.05, 4.69) is 25.6 Å². The fourth-order valence-corrected chi connectivity index (χ4v) is 5.11. The Morgan fingerprint density at radius 2 is 1.59 bits per heavy atom. The van der Waals surface area contributed by atoms with Gasteiger partial charge in [-0.05, 0) is 55.5 Å². The summed E-state index contributed by atoms with van der Waals surface area (Å²) in [7, 11) is -3.52. The predicted octanol–water partition coefficient (Wildman–Crippen LogP) is 4.43. The molecule has 176 valence electrons. The molecule has 0 bridgehead atoms. The van der Waals surface area contributed by atoms with Crippen molar-refractivity contribution in [1.29, 1.82) is 0 Å². The van der Waals surface area contributed by atoms with Crippen LogP contribution >= 0.6 is 0 Å². The molecular weight excluding hydrogens is 450 g/mol. The number of benzene rings is 2. The normalized spacial score (nSPS) is 11.6. The highest BCUT2D eigenvalue weighted by atomic mass is 32.2. The van der Waals surface area contributed by atoms with Gasteiger partial charge in [-0.1, -0.05) is 19.9 Å². The van der Waals surface area contributed by atoms with Crippen LogP contribution in [0.4, 0.5) is 28.7 Å². The minimum atomic E-state index is -3.52. The average molecular weight is 478 g/mol. The molecule has 0 spiro atoms. The minimum Gasteiger partial charge on any atom is -0.393 e. The highest BCUT2D eigenvalue weighted by Crippen LogP contribution is 2.31. The number of nitrogens with two attached hydrogens (primary N) is 1. The second-order valence-electron chi connectivity index (χ2n) is 7.67. The van der Waals surface area contributed by atoms with Gasteiger partial charge < -0.3 is 16.4 Å². The lowest BCUT2D eigenvalue weighted by Crippen LogP contribution is -2.30. The van der Waals surface area contributed by atoms with Crippen LogP contribution in [-0.2, 0) is 10.0 Å². The van der Waals surface area contributed by atoms with Crippen molar-refractivity contribution in [2.75, 3.05) is 29.5 Å². The number of pyridine rings is 1. The Hall–Kier alpha value is -3.76. The van der Waals surface area contributed by atoms with Crippen LogP contribution in [0.5, 0.6) is 0 Å². The zero-order valence-electron chi connectivity index (χ0n) is 19.3. The van der Waals surface area contributed by atoms with E-state index in [1.165, 1.54) is 10.6 Å². The molecule has 0 aliphatic rings. The Morgan fingerprint density at radius 3 is 2.26 bits per heavy atom. The molecule has 0 saturated heterocycles. The summed E-state index contributed by atoms with van der Waals surface area (Å²) in [5.41, 5.74) is 9.97. The number of nitrogen functional groups attached to an aromatic ring is 1. The van der Waals surface area contributed by atoms with Gasteiger partial charge in [0, 0.05) is 35.5 Å². The third kappa shape index (κ3) is 4.63. The summed E-state index contributed by atoms with van der Waals surface area (Å²) in [6.45, 7) is 6.41. The first-order valence-electron chi connectivity index (χ1n) is 10.9. The summed E-state index contributed by atoms with van der Waals surface area (Å²) in [6.07, 6.45) is 1.41. The van der Waals surface area contributed by atoms with E-state index in [-0.39, 0.29) is 4.90 Å². The fraction of sp³-hybridized carbons (Fsp3) is 0.208. The number of anilines is 5. The molecule has 0 amide bonds. The number of sulfonamides is 1. The van der Waals surface area contributed by atoms with Crippen molar-refractivity contribution in [3.8, 4) is 0 Å². The zero-order chi connectivity index (χ0) is 24.3. The number of rotatable bonds is 8. The topological polar surface area (TPSA) is 126 Å². The predicted molar refractivity (Wildman–Crippen MR) is 136 cm³/mol. The van der Waals surface area contributed by atoms with E-state index < -0.39 is 10.0 Å². The van der Waals surface area contributed by atoms with E-state index in [1.54, 1.807) is 24.3 Å². The minimum absolute atomic E-state index is 0.236. The number of aromatic nitrogens is 3. The van der Waals surface area contributed by atoms with Crippen LogP contribution < -0.4 is 16.4 Å². The quantitative estimate of drug-likeness (QED) is 0.340. The van der Waals surface area contributed by atoms with E-state index in [0.29, 0.717) is 36.1 Å². The highest BCUT2D eigenvalue weighted by molar-refractivity contribution is 7.89. The van der Waals surface area contributed by atoms with Crippen molar-refractivity contribution in [3.05, 3.63) is 66.6 Å². The first-order valence-corrected chi connectivity index (χ1v) is 12.4. The van der Waals surface area contributed by atoms with E-state index >= 15 is 0 Å². The molecular formula is C24H27N7O2S. The van der Waals surface area contributed by atoms with Crippen molar-refractivity contribution >= 4 is 49.6 Å². The molecule has 0 radical (unpaired) electrons. The van der Waals surface area contributed by atoms with E-state index in [4.69, 9.17) is 5.73 Å². The maximum atomic E-state index is 12.7. The van der Waals surface area contributed by atoms with Gasteiger partial charge in [0.2, 0.25) is 10.0 Å². The first kappa shape index (κ1) is 23.4. The number of nitrogens with one attached hydrogen (secondary N) is 2. The van der Waals surface area contributed by atoms with Crippen molar-refractivity contribution in [1.82, 2.24) is 19.3 Å². The second-order valence-corrected chi connectivity index (χ2v) is 9.61. The molecule has 4 N–H and O–H groups in total. The maximum absolute atomic E-state index is 12.7. The Bertz CT molecular complexity index is 1420. The fourth-order valence-electron chi connectivity index (χ4n) is 3.65. The van der Waals surface area contributed by atoms with Crippen LogP contribution in [0.1, 0.15) is 19.5 Å². The van der Waals surface area contributed by atoms with Gasteiger partial charge in [0.25, 0.3) is 0 Å². The monoisotopic (exact) mass is 477 g/mol. The zero-order valence-corrected chi connectivity index (χ0v) is 20.1. The van der Waals surface area contributed by atoms with Gasteiger partial charge in [-0.2, -0.15) is 4.31 Å². The van der Waals surface area contributed by atoms with Gasteiger partial charge in [-0.25, -0.2) is 18.4 Å². The van der Waals surface area contributed by atoms with Gasteiger partial charge in [0.1, 0.15) is 12.0 Å². The van der Waals surface area contributed by atoms with Crippen molar-refractivity contribution < 1.29 is 8.42 Å². The van der Waals surface area contributed by atoms with Crippen LogP contribution in [0.15, 0.2) is 65.8 Å². The van der Waals surface area contributed by atoms with Crippen LogP contribution in [0.3, 0.4) is 0 Å². The SMILES string of the molecule is CCN(CC)S(=O)(=O)c1ccc(Nc2ncnc(Nc3cccc4nc(C)ccc34)c2N)cc1. The molecule has 4 rings (SSSR count). The number of hydrogen-bond donors (Lipinski definition) is 3.